The summed E-state index contributed by atoms with van der Waals surface area (Å²) in [5.74, 6) is 0.940. The van der Waals surface area contributed by atoms with E-state index in [1.54, 1.807) is 24.3 Å². The molecule has 2 aliphatic rings. The lowest BCUT2D eigenvalue weighted by Gasteiger charge is -2.47. The van der Waals surface area contributed by atoms with Gasteiger partial charge in [0.25, 0.3) is 0 Å². The number of nitrogens with zero attached hydrogens (tertiary/aromatic N) is 2. The van der Waals surface area contributed by atoms with Crippen LogP contribution in [0.4, 0.5) is 0 Å². The van der Waals surface area contributed by atoms with Crippen LogP contribution in [-0.4, -0.2) is 52.7 Å². The Hall–Kier alpha value is -0.630. The predicted molar refractivity (Wildman–Crippen MR) is 88.2 cm³/mol. The molecule has 0 unspecified atom stereocenters. The van der Waals surface area contributed by atoms with Gasteiger partial charge < -0.3 is 4.74 Å². The molecule has 1 spiro atoms. The lowest BCUT2D eigenvalue weighted by atomic mass is 9.95. The molecule has 0 bridgehead atoms. The van der Waals surface area contributed by atoms with E-state index in [4.69, 9.17) is 4.74 Å². The highest BCUT2D eigenvalue weighted by atomic mass is 32.2. The van der Waals surface area contributed by atoms with Gasteiger partial charge in [-0.1, -0.05) is 6.07 Å². The van der Waals surface area contributed by atoms with E-state index in [2.05, 4.69) is 4.98 Å². The van der Waals surface area contributed by atoms with Gasteiger partial charge in [0, 0.05) is 36.0 Å². The van der Waals surface area contributed by atoms with Crippen LogP contribution in [0.2, 0.25) is 0 Å². The van der Waals surface area contributed by atoms with Gasteiger partial charge in [-0.3, -0.25) is 4.98 Å². The van der Waals surface area contributed by atoms with Crippen molar-refractivity contribution in [2.75, 3.05) is 18.8 Å². The standard InChI is InChI=1S/C15H22N2O3S2/c1-12(2)22(18,19)17-10-15(11-17)6-14(9-21-15)20-8-13-4-3-5-16-7-13/h3-5,7,12,14H,6,8-11H2,1-2H3/t14-/m0/s1. The van der Waals surface area contributed by atoms with Crippen LogP contribution >= 0.6 is 11.8 Å². The summed E-state index contributed by atoms with van der Waals surface area (Å²) >= 11 is 1.86. The zero-order valence-corrected chi connectivity index (χ0v) is 14.6. The predicted octanol–water partition coefficient (Wildman–Crippen LogP) is 1.90. The zero-order valence-electron chi connectivity index (χ0n) is 12.9. The summed E-state index contributed by atoms with van der Waals surface area (Å²) in [6.07, 6.45) is 4.71. The molecule has 0 N–H and O–H groups in total. The minimum Gasteiger partial charge on any atom is -0.373 e. The van der Waals surface area contributed by atoms with Gasteiger partial charge in [0.15, 0.2) is 0 Å². The summed E-state index contributed by atoms with van der Waals surface area (Å²) in [5, 5.41) is -0.339. The van der Waals surface area contributed by atoms with Crippen molar-refractivity contribution in [1.82, 2.24) is 9.29 Å². The van der Waals surface area contributed by atoms with Gasteiger partial charge in [0.05, 0.1) is 18.0 Å². The molecule has 0 aromatic carbocycles. The first-order valence-electron chi connectivity index (χ1n) is 7.55. The largest absolute Gasteiger partial charge is 0.373 e. The van der Waals surface area contributed by atoms with Crippen molar-refractivity contribution >= 4 is 21.8 Å². The van der Waals surface area contributed by atoms with Gasteiger partial charge in [-0.15, -0.1) is 11.8 Å². The maximum Gasteiger partial charge on any atom is 0.216 e. The molecule has 0 amide bonds. The quantitative estimate of drug-likeness (QED) is 0.818. The SMILES string of the molecule is CC(C)S(=O)(=O)N1CC2(C[C@H](OCc3cccnc3)CS2)C1. The summed E-state index contributed by atoms with van der Waals surface area (Å²) < 4.78 is 31.9. The van der Waals surface area contributed by atoms with Crippen molar-refractivity contribution in [2.24, 2.45) is 0 Å². The summed E-state index contributed by atoms with van der Waals surface area (Å²) in [5.41, 5.74) is 1.08. The molecular weight excluding hydrogens is 320 g/mol. The van der Waals surface area contributed by atoms with Gasteiger partial charge in [0.2, 0.25) is 10.0 Å². The summed E-state index contributed by atoms with van der Waals surface area (Å²) in [6.45, 7) is 5.31. The Morgan fingerprint density at radius 1 is 1.50 bits per heavy atom. The van der Waals surface area contributed by atoms with E-state index >= 15 is 0 Å². The maximum absolute atomic E-state index is 12.1. The van der Waals surface area contributed by atoms with Gasteiger partial charge in [0.1, 0.15) is 0 Å². The molecule has 1 atom stereocenters. The average Bonchev–Trinajstić information content (AvgIpc) is 2.89. The Kier molecular flexibility index (Phi) is 4.51. The van der Waals surface area contributed by atoms with Crippen molar-refractivity contribution in [3.8, 4) is 0 Å². The summed E-state index contributed by atoms with van der Waals surface area (Å²) in [6, 6.07) is 3.91. The van der Waals surface area contributed by atoms with E-state index < -0.39 is 10.0 Å². The van der Waals surface area contributed by atoms with Crippen molar-refractivity contribution in [1.29, 1.82) is 0 Å². The van der Waals surface area contributed by atoms with Gasteiger partial charge in [-0.05, 0) is 31.9 Å². The number of rotatable bonds is 5. The molecular formula is C15H22N2O3S2. The first-order valence-corrected chi connectivity index (χ1v) is 10.0. The van der Waals surface area contributed by atoms with E-state index in [9.17, 15) is 8.42 Å². The molecule has 5 nitrogen and oxygen atoms in total. The lowest BCUT2D eigenvalue weighted by Crippen LogP contribution is -2.61. The highest BCUT2D eigenvalue weighted by Gasteiger charge is 2.53. The Morgan fingerprint density at radius 3 is 2.91 bits per heavy atom. The third-order valence-corrected chi connectivity index (χ3v) is 8.01. The number of pyridine rings is 1. The number of hydrogen-bond acceptors (Lipinski definition) is 5. The van der Waals surface area contributed by atoms with E-state index in [1.165, 1.54) is 0 Å². The van der Waals surface area contributed by atoms with Gasteiger partial charge in [-0.25, -0.2) is 8.42 Å². The fraction of sp³-hybridized carbons (Fsp3) is 0.667. The number of sulfonamides is 1. The molecule has 0 aliphatic carbocycles. The van der Waals surface area contributed by atoms with E-state index in [0.717, 1.165) is 17.7 Å². The smallest absolute Gasteiger partial charge is 0.216 e. The van der Waals surface area contributed by atoms with Crippen LogP contribution in [-0.2, 0) is 21.4 Å². The normalized spacial score (nSPS) is 24.8. The Balaban J connectivity index is 1.50. The highest BCUT2D eigenvalue weighted by molar-refractivity contribution is 8.01. The van der Waals surface area contributed by atoms with Crippen molar-refractivity contribution in [3.63, 3.8) is 0 Å². The minimum atomic E-state index is -3.11. The van der Waals surface area contributed by atoms with Crippen LogP contribution in [0, 0.1) is 0 Å². The Morgan fingerprint density at radius 2 is 2.27 bits per heavy atom. The molecule has 3 rings (SSSR count). The van der Waals surface area contributed by atoms with Crippen LogP contribution in [0.3, 0.4) is 0 Å². The second-order valence-corrected chi connectivity index (χ2v) is 10.3. The third kappa shape index (κ3) is 3.18. The van der Waals surface area contributed by atoms with Crippen LogP contribution in [0.5, 0.6) is 0 Å². The van der Waals surface area contributed by atoms with Crippen LogP contribution in [0.1, 0.15) is 25.8 Å². The molecule has 2 aliphatic heterocycles. The lowest BCUT2D eigenvalue weighted by molar-refractivity contribution is 0.0395. The molecule has 3 heterocycles. The van der Waals surface area contributed by atoms with E-state index in [0.29, 0.717) is 19.7 Å². The van der Waals surface area contributed by atoms with Crippen molar-refractivity contribution in [3.05, 3.63) is 30.1 Å². The Labute approximate surface area is 136 Å². The van der Waals surface area contributed by atoms with Crippen LogP contribution < -0.4 is 0 Å². The number of ether oxygens (including phenoxy) is 1. The zero-order chi connectivity index (χ0) is 15.8. The monoisotopic (exact) mass is 342 g/mol. The Bertz CT molecular complexity index is 613. The molecule has 2 saturated heterocycles. The molecule has 7 heteroatoms. The third-order valence-electron chi connectivity index (χ3n) is 4.27. The number of thioether (sulfide) groups is 1. The molecule has 22 heavy (non-hydrogen) atoms. The second kappa shape index (κ2) is 6.11. The molecule has 1 aromatic heterocycles. The number of aromatic nitrogens is 1. The maximum atomic E-state index is 12.1. The number of hydrogen-bond donors (Lipinski definition) is 0. The molecule has 1 aromatic rings. The van der Waals surface area contributed by atoms with E-state index in [-0.39, 0.29) is 16.1 Å². The fourth-order valence-corrected chi connectivity index (χ4v) is 6.07. The minimum absolute atomic E-state index is 0.0710. The van der Waals surface area contributed by atoms with Gasteiger partial charge >= 0.3 is 0 Å². The summed E-state index contributed by atoms with van der Waals surface area (Å²) in [4.78, 5) is 4.08. The van der Waals surface area contributed by atoms with Crippen molar-refractivity contribution in [2.45, 2.75) is 43.0 Å². The topological polar surface area (TPSA) is 59.5 Å². The van der Waals surface area contributed by atoms with Crippen LogP contribution in [0.15, 0.2) is 24.5 Å². The van der Waals surface area contributed by atoms with Crippen LogP contribution in [0.25, 0.3) is 0 Å². The molecule has 122 valence electrons. The first-order chi connectivity index (χ1) is 10.4. The van der Waals surface area contributed by atoms with E-state index in [1.807, 2.05) is 30.1 Å². The van der Waals surface area contributed by atoms with Crippen molar-refractivity contribution < 1.29 is 13.2 Å². The second-order valence-electron chi connectivity index (χ2n) is 6.35. The van der Waals surface area contributed by atoms with Gasteiger partial charge in [-0.2, -0.15) is 4.31 Å². The first kappa shape index (κ1) is 16.2. The molecule has 0 saturated carbocycles. The molecule has 0 radical (unpaired) electrons. The molecule has 2 fully saturated rings. The summed E-state index contributed by atoms with van der Waals surface area (Å²) in [7, 11) is -3.11. The highest BCUT2D eigenvalue weighted by Crippen LogP contribution is 2.47. The fourth-order valence-electron chi connectivity index (χ4n) is 2.90. The average molecular weight is 342 g/mol.